The van der Waals surface area contributed by atoms with Gasteiger partial charge in [-0.2, -0.15) is 4.31 Å². The minimum Gasteiger partial charge on any atom is -0.356 e. The van der Waals surface area contributed by atoms with Gasteiger partial charge in [0, 0.05) is 31.7 Å². The van der Waals surface area contributed by atoms with Crippen LogP contribution in [0.3, 0.4) is 0 Å². The molecule has 33 heavy (non-hydrogen) atoms. The normalized spacial score (nSPS) is 19.3. The van der Waals surface area contributed by atoms with Crippen LogP contribution in [0, 0.1) is 5.92 Å². The van der Waals surface area contributed by atoms with Crippen molar-refractivity contribution < 1.29 is 18.0 Å². The van der Waals surface area contributed by atoms with Crippen molar-refractivity contribution in [3.8, 4) is 0 Å². The second-order valence-electron chi connectivity index (χ2n) is 8.80. The SMILES string of the molecule is O=C1CCCc2cc(S(=O)(=O)N3CCCC(C(=O)NCCCc4ccccc4)C3)ccc2N1. The first kappa shape index (κ1) is 23.4. The van der Waals surface area contributed by atoms with Crippen LogP contribution in [0.4, 0.5) is 5.69 Å². The lowest BCUT2D eigenvalue weighted by atomic mass is 9.99. The minimum absolute atomic E-state index is 0.0435. The van der Waals surface area contributed by atoms with Gasteiger partial charge in [-0.3, -0.25) is 9.59 Å². The topological polar surface area (TPSA) is 95.6 Å². The van der Waals surface area contributed by atoms with Crippen molar-refractivity contribution in [2.24, 2.45) is 5.92 Å². The Morgan fingerprint density at radius 2 is 1.91 bits per heavy atom. The van der Waals surface area contributed by atoms with Gasteiger partial charge in [0.25, 0.3) is 0 Å². The number of sulfonamides is 1. The van der Waals surface area contributed by atoms with Crippen molar-refractivity contribution in [1.29, 1.82) is 0 Å². The molecule has 2 aliphatic heterocycles. The summed E-state index contributed by atoms with van der Waals surface area (Å²) in [6.07, 6.45) is 4.87. The maximum absolute atomic E-state index is 13.3. The summed E-state index contributed by atoms with van der Waals surface area (Å²) < 4.78 is 28.1. The van der Waals surface area contributed by atoms with Crippen LogP contribution in [-0.2, 0) is 32.5 Å². The molecule has 1 unspecified atom stereocenters. The van der Waals surface area contributed by atoms with Gasteiger partial charge in [0.15, 0.2) is 0 Å². The Balaban J connectivity index is 1.35. The van der Waals surface area contributed by atoms with Crippen molar-refractivity contribution in [2.45, 2.75) is 49.8 Å². The van der Waals surface area contributed by atoms with E-state index in [2.05, 4.69) is 22.8 Å². The fraction of sp³-hybridized carbons (Fsp3) is 0.440. The summed E-state index contributed by atoms with van der Waals surface area (Å²) in [4.78, 5) is 24.7. The predicted molar refractivity (Wildman–Crippen MR) is 127 cm³/mol. The number of hydrogen-bond donors (Lipinski definition) is 2. The fourth-order valence-corrected chi connectivity index (χ4v) is 6.10. The molecular weight excluding hydrogens is 438 g/mol. The molecule has 0 saturated carbocycles. The smallest absolute Gasteiger partial charge is 0.243 e. The number of nitrogens with one attached hydrogen (secondary N) is 2. The van der Waals surface area contributed by atoms with Crippen LogP contribution >= 0.6 is 0 Å². The van der Waals surface area contributed by atoms with Gasteiger partial charge in [0.05, 0.1) is 10.8 Å². The molecule has 0 radical (unpaired) electrons. The molecule has 8 heteroatoms. The number of fused-ring (bicyclic) bond motifs is 1. The molecule has 0 spiro atoms. The van der Waals surface area contributed by atoms with Crippen LogP contribution in [0.1, 0.15) is 43.2 Å². The number of carbonyl (C=O) groups excluding carboxylic acids is 2. The zero-order valence-corrected chi connectivity index (χ0v) is 19.6. The minimum atomic E-state index is -3.71. The van der Waals surface area contributed by atoms with Gasteiger partial charge < -0.3 is 10.6 Å². The van der Waals surface area contributed by atoms with Gasteiger partial charge in [-0.1, -0.05) is 30.3 Å². The average Bonchev–Trinajstić information content (AvgIpc) is 3.02. The molecule has 2 amide bonds. The predicted octanol–water partition coefficient (Wildman–Crippen LogP) is 3.11. The van der Waals surface area contributed by atoms with Gasteiger partial charge in [-0.05, 0) is 67.9 Å². The first-order valence-corrected chi connectivity index (χ1v) is 13.1. The van der Waals surface area contributed by atoms with E-state index in [1.165, 1.54) is 9.87 Å². The molecular formula is C25H31N3O4S. The Hall–Kier alpha value is -2.71. The van der Waals surface area contributed by atoms with Crippen LogP contribution < -0.4 is 10.6 Å². The number of benzene rings is 2. The standard InChI is InChI=1S/C25H31N3O4S/c29-24-12-4-10-20-17-22(13-14-23(20)27-24)33(31,32)28-16-6-11-21(18-28)25(30)26-15-5-9-19-7-2-1-3-8-19/h1-3,7-8,13-14,17,21H,4-6,9-12,15-16,18H2,(H,26,30)(H,27,29). The Bertz CT molecular complexity index is 1100. The lowest BCUT2D eigenvalue weighted by molar-refractivity contribution is -0.126. The van der Waals surface area contributed by atoms with E-state index in [0.29, 0.717) is 50.9 Å². The number of nitrogens with zero attached hydrogens (tertiary/aromatic N) is 1. The fourth-order valence-electron chi connectivity index (χ4n) is 4.53. The molecule has 1 atom stereocenters. The zero-order chi connectivity index (χ0) is 23.3. The van der Waals surface area contributed by atoms with E-state index in [1.807, 2.05) is 18.2 Å². The van der Waals surface area contributed by atoms with Crippen molar-refractivity contribution in [3.63, 3.8) is 0 Å². The molecule has 176 valence electrons. The summed E-state index contributed by atoms with van der Waals surface area (Å²) in [5.74, 6) is -0.462. The number of aryl methyl sites for hydroxylation is 2. The lowest BCUT2D eigenvalue weighted by Crippen LogP contribution is -2.45. The number of rotatable bonds is 7. The van der Waals surface area contributed by atoms with E-state index in [1.54, 1.807) is 18.2 Å². The van der Waals surface area contributed by atoms with E-state index in [-0.39, 0.29) is 29.2 Å². The van der Waals surface area contributed by atoms with Gasteiger partial charge in [0.2, 0.25) is 21.8 Å². The Morgan fingerprint density at radius 3 is 2.73 bits per heavy atom. The van der Waals surface area contributed by atoms with Crippen molar-refractivity contribution in [1.82, 2.24) is 9.62 Å². The molecule has 2 N–H and O–H groups in total. The third-order valence-corrected chi connectivity index (χ3v) is 8.24. The third-order valence-electron chi connectivity index (χ3n) is 6.38. The van der Waals surface area contributed by atoms with Crippen LogP contribution in [0.5, 0.6) is 0 Å². The molecule has 0 aliphatic carbocycles. The number of carbonyl (C=O) groups is 2. The third kappa shape index (κ3) is 5.81. The number of piperidine rings is 1. The number of anilines is 1. The number of hydrogen-bond acceptors (Lipinski definition) is 4. The average molecular weight is 470 g/mol. The molecule has 7 nitrogen and oxygen atoms in total. The maximum Gasteiger partial charge on any atom is 0.243 e. The van der Waals surface area contributed by atoms with Crippen molar-refractivity contribution in [2.75, 3.05) is 25.0 Å². The summed E-state index contributed by atoms with van der Waals surface area (Å²) in [5.41, 5.74) is 2.76. The van der Waals surface area contributed by atoms with Gasteiger partial charge in [-0.25, -0.2) is 8.42 Å². The Labute approximate surface area is 195 Å². The highest BCUT2D eigenvalue weighted by molar-refractivity contribution is 7.89. The van der Waals surface area contributed by atoms with Crippen molar-refractivity contribution in [3.05, 3.63) is 59.7 Å². The quantitative estimate of drug-likeness (QED) is 0.609. The molecule has 2 heterocycles. The molecule has 0 aromatic heterocycles. The van der Waals surface area contributed by atoms with E-state index in [0.717, 1.165) is 18.4 Å². The second-order valence-corrected chi connectivity index (χ2v) is 10.7. The highest BCUT2D eigenvalue weighted by Crippen LogP contribution is 2.29. The largest absolute Gasteiger partial charge is 0.356 e. The monoisotopic (exact) mass is 469 g/mol. The van der Waals surface area contributed by atoms with E-state index in [9.17, 15) is 18.0 Å². The van der Waals surface area contributed by atoms with Crippen molar-refractivity contribution >= 4 is 27.5 Å². The highest BCUT2D eigenvalue weighted by atomic mass is 32.2. The van der Waals surface area contributed by atoms with E-state index >= 15 is 0 Å². The van der Waals surface area contributed by atoms with Crippen LogP contribution in [0.25, 0.3) is 0 Å². The first-order valence-electron chi connectivity index (χ1n) is 11.7. The molecule has 0 bridgehead atoms. The molecule has 4 rings (SSSR count). The molecule has 1 fully saturated rings. The zero-order valence-electron chi connectivity index (χ0n) is 18.8. The Kier molecular flexibility index (Phi) is 7.45. The number of amides is 2. The van der Waals surface area contributed by atoms with Crippen LogP contribution in [-0.4, -0.2) is 44.2 Å². The second kappa shape index (κ2) is 10.5. The highest BCUT2D eigenvalue weighted by Gasteiger charge is 2.33. The molecule has 2 aromatic rings. The van der Waals surface area contributed by atoms with Crippen LogP contribution in [0.15, 0.2) is 53.4 Å². The maximum atomic E-state index is 13.3. The van der Waals surface area contributed by atoms with E-state index in [4.69, 9.17) is 0 Å². The summed E-state index contributed by atoms with van der Waals surface area (Å²) in [7, 11) is -3.71. The van der Waals surface area contributed by atoms with Gasteiger partial charge in [0.1, 0.15) is 0 Å². The first-order chi connectivity index (χ1) is 15.9. The van der Waals surface area contributed by atoms with Gasteiger partial charge >= 0.3 is 0 Å². The molecule has 1 saturated heterocycles. The molecule has 2 aliphatic rings. The lowest BCUT2D eigenvalue weighted by Gasteiger charge is -2.31. The molecule has 2 aromatic carbocycles. The summed E-state index contributed by atoms with van der Waals surface area (Å²) in [6.45, 7) is 1.18. The summed E-state index contributed by atoms with van der Waals surface area (Å²) >= 11 is 0. The van der Waals surface area contributed by atoms with E-state index < -0.39 is 10.0 Å². The van der Waals surface area contributed by atoms with Gasteiger partial charge in [-0.15, -0.1) is 0 Å². The summed E-state index contributed by atoms with van der Waals surface area (Å²) in [6, 6.07) is 15.0. The Morgan fingerprint density at radius 1 is 1.09 bits per heavy atom. The van der Waals surface area contributed by atoms with Crippen LogP contribution in [0.2, 0.25) is 0 Å². The summed E-state index contributed by atoms with van der Waals surface area (Å²) in [5, 5.41) is 5.82.